The summed E-state index contributed by atoms with van der Waals surface area (Å²) in [6, 6.07) is 15.3. The first-order valence-electron chi connectivity index (χ1n) is 8.31. The highest BCUT2D eigenvalue weighted by Gasteiger charge is 2.15. The first kappa shape index (κ1) is 18.3. The van der Waals surface area contributed by atoms with Gasteiger partial charge < -0.3 is 9.84 Å². The Morgan fingerprint density at radius 3 is 2.46 bits per heavy atom. The second kappa shape index (κ2) is 7.41. The number of benzene rings is 2. The van der Waals surface area contributed by atoms with Crippen molar-refractivity contribution < 1.29 is 9.32 Å². The maximum absolute atomic E-state index is 12.2. The summed E-state index contributed by atoms with van der Waals surface area (Å²) in [4.78, 5) is 16.6. The van der Waals surface area contributed by atoms with Crippen molar-refractivity contribution in [3.8, 4) is 11.4 Å². The molecule has 134 valence electrons. The van der Waals surface area contributed by atoms with Crippen LogP contribution >= 0.6 is 15.9 Å². The molecular weight excluding hydrogens is 394 g/mol. The van der Waals surface area contributed by atoms with Crippen molar-refractivity contribution in [2.75, 3.05) is 0 Å². The number of nitrogens with zero attached hydrogens (tertiary/aromatic N) is 2. The molecule has 0 bridgehead atoms. The first-order valence-corrected chi connectivity index (χ1v) is 9.10. The SMILES string of the molecule is CC(C)(C)c1ccc(-c2noc(CNC(=O)c3ccccc3Br)n2)cc1. The number of hydrogen-bond donors (Lipinski definition) is 1. The number of hydrogen-bond acceptors (Lipinski definition) is 4. The van der Waals surface area contributed by atoms with Gasteiger partial charge in [-0.1, -0.05) is 62.3 Å². The lowest BCUT2D eigenvalue weighted by Gasteiger charge is -2.18. The van der Waals surface area contributed by atoms with Gasteiger partial charge in [-0.2, -0.15) is 4.98 Å². The number of halogens is 1. The Balaban J connectivity index is 1.67. The molecule has 0 saturated heterocycles. The molecule has 6 heteroatoms. The molecule has 2 aromatic carbocycles. The molecule has 26 heavy (non-hydrogen) atoms. The smallest absolute Gasteiger partial charge is 0.252 e. The van der Waals surface area contributed by atoms with Crippen LogP contribution in [-0.2, 0) is 12.0 Å². The number of aromatic nitrogens is 2. The number of nitrogens with one attached hydrogen (secondary N) is 1. The van der Waals surface area contributed by atoms with E-state index in [1.54, 1.807) is 6.07 Å². The van der Waals surface area contributed by atoms with Gasteiger partial charge in [0.05, 0.1) is 12.1 Å². The highest BCUT2D eigenvalue weighted by molar-refractivity contribution is 9.10. The van der Waals surface area contributed by atoms with E-state index in [0.717, 1.165) is 10.0 Å². The Morgan fingerprint density at radius 2 is 1.81 bits per heavy atom. The van der Waals surface area contributed by atoms with Crippen molar-refractivity contribution in [2.24, 2.45) is 0 Å². The fourth-order valence-corrected chi connectivity index (χ4v) is 2.92. The predicted octanol–water partition coefficient (Wildman–Crippen LogP) is 4.73. The monoisotopic (exact) mass is 413 g/mol. The van der Waals surface area contributed by atoms with Gasteiger partial charge in [0.1, 0.15) is 0 Å². The second-order valence-electron chi connectivity index (χ2n) is 7.00. The first-order chi connectivity index (χ1) is 12.3. The van der Waals surface area contributed by atoms with Gasteiger partial charge in [-0.15, -0.1) is 0 Å². The minimum atomic E-state index is -0.202. The quantitative estimate of drug-likeness (QED) is 0.671. The Hall–Kier alpha value is -2.47. The summed E-state index contributed by atoms with van der Waals surface area (Å²) in [7, 11) is 0. The number of carbonyl (C=O) groups excluding carboxylic acids is 1. The van der Waals surface area contributed by atoms with E-state index in [0.29, 0.717) is 17.3 Å². The van der Waals surface area contributed by atoms with E-state index in [2.05, 4.69) is 64.3 Å². The Labute approximate surface area is 160 Å². The van der Waals surface area contributed by atoms with Crippen LogP contribution in [0.15, 0.2) is 57.5 Å². The van der Waals surface area contributed by atoms with E-state index in [1.165, 1.54) is 5.56 Å². The van der Waals surface area contributed by atoms with E-state index < -0.39 is 0 Å². The van der Waals surface area contributed by atoms with Gasteiger partial charge in [-0.05, 0) is 39.0 Å². The van der Waals surface area contributed by atoms with Gasteiger partial charge in [0.25, 0.3) is 5.91 Å². The zero-order valence-corrected chi connectivity index (χ0v) is 16.5. The molecule has 0 atom stereocenters. The van der Waals surface area contributed by atoms with Crippen LogP contribution < -0.4 is 5.32 Å². The summed E-state index contributed by atoms with van der Waals surface area (Å²) in [5, 5.41) is 6.78. The maximum Gasteiger partial charge on any atom is 0.252 e. The number of carbonyl (C=O) groups is 1. The van der Waals surface area contributed by atoms with Crippen LogP contribution in [0.5, 0.6) is 0 Å². The molecule has 0 fully saturated rings. The molecule has 0 aliphatic carbocycles. The third kappa shape index (κ3) is 4.19. The van der Waals surface area contributed by atoms with Crippen molar-refractivity contribution >= 4 is 21.8 Å². The van der Waals surface area contributed by atoms with Crippen LogP contribution in [-0.4, -0.2) is 16.0 Å². The fraction of sp³-hybridized carbons (Fsp3) is 0.250. The third-order valence-electron chi connectivity index (χ3n) is 4.00. The maximum atomic E-state index is 12.2. The molecule has 0 saturated carbocycles. The van der Waals surface area contributed by atoms with Crippen molar-refractivity contribution in [3.05, 3.63) is 70.0 Å². The van der Waals surface area contributed by atoms with Gasteiger partial charge in [0, 0.05) is 10.0 Å². The molecule has 0 radical (unpaired) electrons. The van der Waals surface area contributed by atoms with Gasteiger partial charge in [-0.25, -0.2) is 0 Å². The zero-order chi connectivity index (χ0) is 18.7. The van der Waals surface area contributed by atoms with E-state index in [1.807, 2.05) is 30.3 Å². The average Bonchev–Trinajstić information content (AvgIpc) is 3.08. The average molecular weight is 414 g/mol. The summed E-state index contributed by atoms with van der Waals surface area (Å²) >= 11 is 3.37. The van der Waals surface area contributed by atoms with Gasteiger partial charge >= 0.3 is 0 Å². The van der Waals surface area contributed by atoms with Crippen molar-refractivity contribution in [2.45, 2.75) is 32.7 Å². The summed E-state index contributed by atoms with van der Waals surface area (Å²) in [6.45, 7) is 6.68. The lowest BCUT2D eigenvalue weighted by Crippen LogP contribution is -2.23. The predicted molar refractivity (Wildman–Crippen MR) is 104 cm³/mol. The van der Waals surface area contributed by atoms with Crippen molar-refractivity contribution in [1.82, 2.24) is 15.5 Å². The van der Waals surface area contributed by atoms with E-state index in [4.69, 9.17) is 4.52 Å². The lowest BCUT2D eigenvalue weighted by molar-refractivity contribution is 0.0945. The van der Waals surface area contributed by atoms with Gasteiger partial charge in [-0.3, -0.25) is 4.79 Å². The van der Waals surface area contributed by atoms with Crippen LogP contribution in [0, 0.1) is 0 Å². The molecule has 0 aliphatic rings. The topological polar surface area (TPSA) is 68.0 Å². The standard InChI is InChI=1S/C20H20BrN3O2/c1-20(2,3)14-10-8-13(9-11-14)18-23-17(26-24-18)12-22-19(25)15-6-4-5-7-16(15)21/h4-11H,12H2,1-3H3,(H,22,25). The molecule has 1 amide bonds. The van der Waals surface area contributed by atoms with Gasteiger partial charge in [0.2, 0.25) is 11.7 Å². The minimum Gasteiger partial charge on any atom is -0.343 e. The Bertz CT molecular complexity index is 911. The highest BCUT2D eigenvalue weighted by Crippen LogP contribution is 2.25. The highest BCUT2D eigenvalue weighted by atomic mass is 79.9. The van der Waals surface area contributed by atoms with E-state index in [9.17, 15) is 4.79 Å². The van der Waals surface area contributed by atoms with Crippen LogP contribution in [0.3, 0.4) is 0 Å². The third-order valence-corrected chi connectivity index (χ3v) is 4.69. The lowest BCUT2D eigenvalue weighted by atomic mass is 9.87. The molecule has 5 nitrogen and oxygen atoms in total. The van der Waals surface area contributed by atoms with E-state index in [-0.39, 0.29) is 17.9 Å². The van der Waals surface area contributed by atoms with Crippen LogP contribution in [0.2, 0.25) is 0 Å². The summed E-state index contributed by atoms with van der Waals surface area (Å²) in [5.74, 6) is 0.669. The summed E-state index contributed by atoms with van der Waals surface area (Å²) < 4.78 is 5.98. The van der Waals surface area contributed by atoms with Crippen molar-refractivity contribution in [3.63, 3.8) is 0 Å². The van der Waals surface area contributed by atoms with Gasteiger partial charge in [0.15, 0.2) is 0 Å². The van der Waals surface area contributed by atoms with Crippen LogP contribution in [0.1, 0.15) is 42.6 Å². The molecular formula is C20H20BrN3O2. The normalized spacial score (nSPS) is 11.4. The van der Waals surface area contributed by atoms with Crippen LogP contribution in [0.4, 0.5) is 0 Å². The molecule has 0 aliphatic heterocycles. The largest absolute Gasteiger partial charge is 0.343 e. The summed E-state index contributed by atoms with van der Waals surface area (Å²) in [5.41, 5.74) is 2.78. The van der Waals surface area contributed by atoms with E-state index >= 15 is 0 Å². The molecule has 3 rings (SSSR count). The Kier molecular flexibility index (Phi) is 5.23. The number of amides is 1. The molecule has 0 unspecified atom stereocenters. The Morgan fingerprint density at radius 1 is 1.12 bits per heavy atom. The van der Waals surface area contributed by atoms with Crippen molar-refractivity contribution in [1.29, 1.82) is 0 Å². The fourth-order valence-electron chi connectivity index (χ4n) is 2.46. The summed E-state index contributed by atoms with van der Waals surface area (Å²) in [6.07, 6.45) is 0. The second-order valence-corrected chi connectivity index (χ2v) is 7.86. The molecule has 1 heterocycles. The van der Waals surface area contributed by atoms with Crippen LogP contribution in [0.25, 0.3) is 11.4 Å². The molecule has 3 aromatic rings. The molecule has 0 spiro atoms. The zero-order valence-electron chi connectivity index (χ0n) is 14.9. The molecule has 1 aromatic heterocycles. The number of rotatable bonds is 4. The minimum absolute atomic E-state index is 0.0942. The molecule has 1 N–H and O–H groups in total.